The SMILES string of the molecule is CN(C)C(=O)c1sc2ncccc2c1[C@@H]1CN(S(=O)(=O)N2CCOCC2)CCO1. The van der Waals surface area contributed by atoms with Crippen LogP contribution in [0.2, 0.25) is 0 Å². The number of morpholine rings is 2. The van der Waals surface area contributed by atoms with E-state index in [1.54, 1.807) is 20.3 Å². The molecule has 2 aliphatic rings. The van der Waals surface area contributed by atoms with Gasteiger partial charge in [0, 0.05) is 57.4 Å². The van der Waals surface area contributed by atoms with E-state index in [1.807, 2.05) is 12.1 Å². The Balaban J connectivity index is 1.69. The largest absolute Gasteiger partial charge is 0.379 e. The van der Waals surface area contributed by atoms with Gasteiger partial charge < -0.3 is 14.4 Å². The van der Waals surface area contributed by atoms with E-state index < -0.39 is 16.3 Å². The summed E-state index contributed by atoms with van der Waals surface area (Å²) in [5.74, 6) is -0.139. The Morgan fingerprint density at radius 1 is 1.21 bits per heavy atom. The van der Waals surface area contributed by atoms with Gasteiger partial charge in [-0.2, -0.15) is 17.0 Å². The minimum absolute atomic E-state index is 0.139. The van der Waals surface area contributed by atoms with Crippen molar-refractivity contribution in [2.24, 2.45) is 0 Å². The maximum Gasteiger partial charge on any atom is 0.282 e. The molecule has 4 heterocycles. The first kappa shape index (κ1) is 20.6. The first-order chi connectivity index (χ1) is 13.9. The van der Waals surface area contributed by atoms with Gasteiger partial charge in [0.2, 0.25) is 0 Å². The van der Waals surface area contributed by atoms with Crippen LogP contribution in [0.25, 0.3) is 10.2 Å². The molecule has 4 rings (SSSR count). The molecular formula is C18H24N4O5S2. The topological polar surface area (TPSA) is 92.3 Å². The molecule has 11 heteroatoms. The second-order valence-corrected chi connectivity index (χ2v) is 10.1. The van der Waals surface area contributed by atoms with Gasteiger partial charge in [-0.1, -0.05) is 6.07 Å². The van der Waals surface area contributed by atoms with Gasteiger partial charge in [-0.3, -0.25) is 4.79 Å². The Kier molecular flexibility index (Phi) is 5.87. The maximum absolute atomic E-state index is 13.1. The Morgan fingerprint density at radius 3 is 2.66 bits per heavy atom. The molecule has 0 aliphatic carbocycles. The van der Waals surface area contributed by atoms with Crippen molar-refractivity contribution in [2.75, 3.05) is 60.1 Å². The molecule has 0 bridgehead atoms. The van der Waals surface area contributed by atoms with Gasteiger partial charge in [-0.15, -0.1) is 11.3 Å². The molecule has 0 unspecified atom stereocenters. The van der Waals surface area contributed by atoms with E-state index in [-0.39, 0.29) is 25.6 Å². The van der Waals surface area contributed by atoms with E-state index in [0.29, 0.717) is 31.2 Å². The molecule has 2 aromatic rings. The van der Waals surface area contributed by atoms with Crippen LogP contribution in [0.1, 0.15) is 21.3 Å². The van der Waals surface area contributed by atoms with Crippen LogP contribution in [-0.2, 0) is 19.7 Å². The van der Waals surface area contributed by atoms with Crippen molar-refractivity contribution in [2.45, 2.75) is 6.10 Å². The van der Waals surface area contributed by atoms with Gasteiger partial charge in [-0.05, 0) is 6.07 Å². The van der Waals surface area contributed by atoms with Crippen LogP contribution in [0.15, 0.2) is 18.3 Å². The van der Waals surface area contributed by atoms with Crippen molar-refractivity contribution >= 4 is 37.7 Å². The van der Waals surface area contributed by atoms with Gasteiger partial charge in [0.1, 0.15) is 9.71 Å². The molecule has 9 nitrogen and oxygen atoms in total. The minimum Gasteiger partial charge on any atom is -0.379 e. The highest BCUT2D eigenvalue weighted by Gasteiger charge is 2.37. The van der Waals surface area contributed by atoms with Crippen LogP contribution in [-0.4, -0.2) is 92.9 Å². The van der Waals surface area contributed by atoms with Gasteiger partial charge >= 0.3 is 0 Å². The number of ether oxygens (including phenoxy) is 2. The molecule has 1 atom stereocenters. The van der Waals surface area contributed by atoms with Crippen molar-refractivity contribution in [3.05, 3.63) is 28.8 Å². The quantitative estimate of drug-likeness (QED) is 0.703. The molecule has 2 fully saturated rings. The highest BCUT2D eigenvalue weighted by atomic mass is 32.2. The van der Waals surface area contributed by atoms with Crippen molar-refractivity contribution in [3.8, 4) is 0 Å². The van der Waals surface area contributed by atoms with Crippen LogP contribution in [0.4, 0.5) is 0 Å². The normalized spacial score (nSPS) is 22.1. The predicted octanol–water partition coefficient (Wildman–Crippen LogP) is 0.948. The number of amides is 1. The summed E-state index contributed by atoms with van der Waals surface area (Å²) >= 11 is 1.31. The number of hydrogen-bond donors (Lipinski definition) is 0. The summed E-state index contributed by atoms with van der Waals surface area (Å²) in [4.78, 5) is 20.0. The predicted molar refractivity (Wildman–Crippen MR) is 109 cm³/mol. The van der Waals surface area contributed by atoms with E-state index in [0.717, 1.165) is 15.8 Å². The van der Waals surface area contributed by atoms with Crippen molar-refractivity contribution in [1.29, 1.82) is 0 Å². The van der Waals surface area contributed by atoms with Gasteiger partial charge in [0.15, 0.2) is 0 Å². The molecule has 2 saturated heterocycles. The Hall–Kier alpha value is -1.63. The third kappa shape index (κ3) is 3.90. The highest BCUT2D eigenvalue weighted by molar-refractivity contribution is 7.86. The first-order valence-electron chi connectivity index (χ1n) is 9.43. The van der Waals surface area contributed by atoms with E-state index in [4.69, 9.17) is 9.47 Å². The molecule has 158 valence electrons. The number of aromatic nitrogens is 1. The number of fused-ring (bicyclic) bond motifs is 1. The molecule has 0 radical (unpaired) electrons. The average Bonchev–Trinajstić information content (AvgIpc) is 3.13. The number of hydrogen-bond acceptors (Lipinski definition) is 7. The Bertz CT molecular complexity index is 1000. The number of rotatable bonds is 4. The monoisotopic (exact) mass is 440 g/mol. The molecule has 1 amide bonds. The third-order valence-electron chi connectivity index (χ3n) is 5.08. The van der Waals surface area contributed by atoms with Crippen LogP contribution >= 0.6 is 11.3 Å². The van der Waals surface area contributed by atoms with Gasteiger partial charge in [0.05, 0.1) is 25.9 Å². The Morgan fingerprint density at radius 2 is 1.93 bits per heavy atom. The highest BCUT2D eigenvalue weighted by Crippen LogP contribution is 2.38. The summed E-state index contributed by atoms with van der Waals surface area (Å²) in [5, 5.41) is 0.832. The molecule has 0 aromatic carbocycles. The van der Waals surface area contributed by atoms with Crippen LogP contribution < -0.4 is 0 Å². The van der Waals surface area contributed by atoms with E-state index in [1.165, 1.54) is 24.8 Å². The summed E-state index contributed by atoms with van der Waals surface area (Å²) in [6.07, 6.45) is 1.15. The standard InChI is InChI=1S/C18H24N4O5S2/c1-20(2)18(23)16-15(13-4-3-5-19-17(13)28-16)14-12-22(8-11-27-14)29(24,25)21-6-9-26-10-7-21/h3-5,14H,6-12H2,1-2H3/t14-/m0/s1. The summed E-state index contributed by atoms with van der Waals surface area (Å²) in [5.41, 5.74) is 0.721. The number of pyridine rings is 1. The molecule has 0 N–H and O–H groups in total. The summed E-state index contributed by atoms with van der Waals surface area (Å²) in [6, 6.07) is 3.72. The summed E-state index contributed by atoms with van der Waals surface area (Å²) in [6.45, 7) is 2.20. The minimum atomic E-state index is -3.61. The summed E-state index contributed by atoms with van der Waals surface area (Å²) < 4.78 is 40.4. The fraction of sp³-hybridized carbons (Fsp3) is 0.556. The number of carbonyl (C=O) groups is 1. The third-order valence-corrected chi connectivity index (χ3v) is 8.20. The second kappa shape index (κ2) is 8.25. The van der Waals surface area contributed by atoms with E-state index in [9.17, 15) is 13.2 Å². The average molecular weight is 441 g/mol. The molecule has 2 aromatic heterocycles. The lowest BCUT2D eigenvalue weighted by Crippen LogP contribution is -2.52. The first-order valence-corrected chi connectivity index (χ1v) is 11.6. The van der Waals surface area contributed by atoms with Crippen molar-refractivity contribution in [1.82, 2.24) is 18.5 Å². The fourth-order valence-electron chi connectivity index (χ4n) is 3.58. The zero-order chi connectivity index (χ0) is 20.6. The number of nitrogens with zero attached hydrogens (tertiary/aromatic N) is 4. The molecular weight excluding hydrogens is 416 g/mol. The second-order valence-electron chi connectivity index (χ2n) is 7.14. The lowest BCUT2D eigenvalue weighted by molar-refractivity contribution is -0.00568. The van der Waals surface area contributed by atoms with Crippen molar-refractivity contribution in [3.63, 3.8) is 0 Å². The van der Waals surface area contributed by atoms with Gasteiger partial charge in [0.25, 0.3) is 16.1 Å². The maximum atomic E-state index is 13.1. The van der Waals surface area contributed by atoms with Crippen LogP contribution in [0.3, 0.4) is 0 Å². The van der Waals surface area contributed by atoms with Crippen molar-refractivity contribution < 1.29 is 22.7 Å². The van der Waals surface area contributed by atoms with Crippen LogP contribution in [0, 0.1) is 0 Å². The lowest BCUT2D eigenvalue weighted by Gasteiger charge is -2.37. The molecule has 29 heavy (non-hydrogen) atoms. The fourth-order valence-corrected chi connectivity index (χ4v) is 6.37. The zero-order valence-electron chi connectivity index (χ0n) is 16.4. The molecule has 0 spiro atoms. The van der Waals surface area contributed by atoms with E-state index >= 15 is 0 Å². The Labute approximate surface area is 174 Å². The van der Waals surface area contributed by atoms with Crippen LogP contribution in [0.5, 0.6) is 0 Å². The van der Waals surface area contributed by atoms with Gasteiger partial charge in [-0.25, -0.2) is 4.98 Å². The molecule has 2 aliphatic heterocycles. The summed E-state index contributed by atoms with van der Waals surface area (Å²) in [7, 11) is -0.222. The number of carbonyl (C=O) groups excluding carboxylic acids is 1. The smallest absolute Gasteiger partial charge is 0.282 e. The lowest BCUT2D eigenvalue weighted by atomic mass is 10.0. The molecule has 0 saturated carbocycles. The zero-order valence-corrected chi connectivity index (χ0v) is 18.0. The number of thiophene rings is 1. The van der Waals surface area contributed by atoms with E-state index in [2.05, 4.69) is 4.98 Å².